The van der Waals surface area contributed by atoms with Gasteiger partial charge in [0.1, 0.15) is 5.75 Å². The number of nitrogens with zero attached hydrogens (tertiary/aromatic N) is 1. The van der Waals surface area contributed by atoms with Crippen LogP contribution in [-0.4, -0.2) is 12.1 Å². The molecule has 0 fully saturated rings. The smallest absolute Gasteiger partial charge is 0.121 e. The molecule has 1 aromatic carbocycles. The normalized spacial score (nSPS) is 12.2. The fourth-order valence-electron chi connectivity index (χ4n) is 2.00. The summed E-state index contributed by atoms with van der Waals surface area (Å²) in [6.45, 7) is 2.02. The summed E-state index contributed by atoms with van der Waals surface area (Å²) in [6, 6.07) is 9.95. The zero-order valence-electron chi connectivity index (χ0n) is 11.1. The Morgan fingerprint density at radius 1 is 1.32 bits per heavy atom. The van der Waals surface area contributed by atoms with Crippen LogP contribution in [0.5, 0.6) is 5.75 Å². The molecule has 2 N–H and O–H groups in total. The van der Waals surface area contributed by atoms with E-state index in [0.29, 0.717) is 0 Å². The second-order valence-electron chi connectivity index (χ2n) is 4.51. The SMILES string of the molecule is COc1ccc(C(N)Cc2ccc(Br)cn2)cc1C. The van der Waals surface area contributed by atoms with Crippen molar-refractivity contribution in [2.45, 2.75) is 19.4 Å². The molecular formula is C15H17BrN2O. The largest absolute Gasteiger partial charge is 0.496 e. The van der Waals surface area contributed by atoms with Crippen LogP contribution in [0.25, 0.3) is 0 Å². The van der Waals surface area contributed by atoms with E-state index in [4.69, 9.17) is 10.5 Å². The zero-order chi connectivity index (χ0) is 13.8. The van der Waals surface area contributed by atoms with Gasteiger partial charge in [-0.3, -0.25) is 4.98 Å². The number of rotatable bonds is 4. The van der Waals surface area contributed by atoms with E-state index in [1.807, 2.05) is 31.2 Å². The van der Waals surface area contributed by atoms with Crippen molar-refractivity contribution in [1.29, 1.82) is 0 Å². The highest BCUT2D eigenvalue weighted by atomic mass is 79.9. The van der Waals surface area contributed by atoms with Gasteiger partial charge < -0.3 is 10.5 Å². The first-order valence-corrected chi connectivity index (χ1v) is 6.90. The molecule has 1 unspecified atom stereocenters. The number of hydrogen-bond donors (Lipinski definition) is 1. The molecule has 0 aliphatic rings. The fraction of sp³-hybridized carbons (Fsp3) is 0.267. The molecule has 4 heteroatoms. The summed E-state index contributed by atoms with van der Waals surface area (Å²) >= 11 is 3.37. The molecule has 1 atom stereocenters. The fourth-order valence-corrected chi connectivity index (χ4v) is 2.24. The molecule has 0 amide bonds. The number of methoxy groups -OCH3 is 1. The third-order valence-corrected chi connectivity index (χ3v) is 3.53. The van der Waals surface area contributed by atoms with Gasteiger partial charge in [-0.15, -0.1) is 0 Å². The molecular weight excluding hydrogens is 304 g/mol. The third kappa shape index (κ3) is 3.55. The number of aryl methyl sites for hydroxylation is 1. The van der Waals surface area contributed by atoms with Gasteiger partial charge in [0.25, 0.3) is 0 Å². The summed E-state index contributed by atoms with van der Waals surface area (Å²) in [5.41, 5.74) is 9.42. The molecule has 2 rings (SSSR count). The van der Waals surface area contributed by atoms with E-state index in [1.54, 1.807) is 13.3 Å². The lowest BCUT2D eigenvalue weighted by atomic mass is 10.0. The van der Waals surface area contributed by atoms with Crippen molar-refractivity contribution >= 4 is 15.9 Å². The van der Waals surface area contributed by atoms with Crippen molar-refractivity contribution < 1.29 is 4.74 Å². The standard InChI is InChI=1S/C15H17BrN2O/c1-10-7-11(3-6-15(10)19-2)14(17)8-13-5-4-12(16)9-18-13/h3-7,9,14H,8,17H2,1-2H3. The van der Waals surface area contributed by atoms with Crippen LogP contribution in [0.4, 0.5) is 0 Å². The molecule has 3 nitrogen and oxygen atoms in total. The Kier molecular flexibility index (Phi) is 4.56. The molecule has 1 aromatic heterocycles. The van der Waals surface area contributed by atoms with Gasteiger partial charge in [-0.1, -0.05) is 12.1 Å². The summed E-state index contributed by atoms with van der Waals surface area (Å²) in [6.07, 6.45) is 2.51. The summed E-state index contributed by atoms with van der Waals surface area (Å²) < 4.78 is 6.23. The number of pyridine rings is 1. The quantitative estimate of drug-likeness (QED) is 0.939. The minimum Gasteiger partial charge on any atom is -0.496 e. The Bertz CT molecular complexity index is 555. The van der Waals surface area contributed by atoms with E-state index < -0.39 is 0 Å². The number of halogens is 1. The van der Waals surface area contributed by atoms with E-state index in [-0.39, 0.29) is 6.04 Å². The topological polar surface area (TPSA) is 48.1 Å². The summed E-state index contributed by atoms with van der Waals surface area (Å²) in [5.74, 6) is 0.887. The van der Waals surface area contributed by atoms with Gasteiger partial charge in [0.15, 0.2) is 0 Å². The zero-order valence-corrected chi connectivity index (χ0v) is 12.6. The predicted molar refractivity (Wildman–Crippen MR) is 80.3 cm³/mol. The Morgan fingerprint density at radius 3 is 2.68 bits per heavy atom. The number of ether oxygens (including phenoxy) is 1. The predicted octanol–water partition coefficient (Wildman–Crippen LogP) is 3.40. The van der Waals surface area contributed by atoms with Crippen LogP contribution >= 0.6 is 15.9 Å². The second kappa shape index (κ2) is 6.17. The first-order chi connectivity index (χ1) is 9.10. The van der Waals surface area contributed by atoms with E-state index >= 15 is 0 Å². The Labute approximate surface area is 121 Å². The van der Waals surface area contributed by atoms with Gasteiger partial charge in [0, 0.05) is 28.8 Å². The highest BCUT2D eigenvalue weighted by molar-refractivity contribution is 9.10. The van der Waals surface area contributed by atoms with Crippen molar-refractivity contribution in [2.24, 2.45) is 5.73 Å². The number of benzene rings is 1. The maximum atomic E-state index is 6.23. The molecule has 0 saturated heterocycles. The van der Waals surface area contributed by atoms with Crippen LogP contribution in [0.3, 0.4) is 0 Å². The summed E-state index contributed by atoms with van der Waals surface area (Å²) in [4.78, 5) is 4.35. The monoisotopic (exact) mass is 320 g/mol. The Hall–Kier alpha value is -1.39. The van der Waals surface area contributed by atoms with Gasteiger partial charge in [-0.25, -0.2) is 0 Å². The average molecular weight is 321 g/mol. The van der Waals surface area contributed by atoms with Gasteiger partial charge in [-0.2, -0.15) is 0 Å². The lowest BCUT2D eigenvalue weighted by Gasteiger charge is -2.14. The van der Waals surface area contributed by atoms with Crippen LogP contribution in [0.15, 0.2) is 41.0 Å². The van der Waals surface area contributed by atoms with Gasteiger partial charge >= 0.3 is 0 Å². The van der Waals surface area contributed by atoms with E-state index in [9.17, 15) is 0 Å². The molecule has 0 radical (unpaired) electrons. The molecule has 100 valence electrons. The lowest BCUT2D eigenvalue weighted by Crippen LogP contribution is -2.14. The molecule has 2 aromatic rings. The molecule has 1 heterocycles. The maximum absolute atomic E-state index is 6.23. The van der Waals surface area contributed by atoms with E-state index in [2.05, 4.69) is 27.0 Å². The molecule has 0 aliphatic heterocycles. The van der Waals surface area contributed by atoms with Gasteiger partial charge in [0.05, 0.1) is 7.11 Å². The molecule has 0 spiro atoms. The van der Waals surface area contributed by atoms with Crippen molar-refractivity contribution in [3.8, 4) is 5.75 Å². The highest BCUT2D eigenvalue weighted by Crippen LogP contribution is 2.23. The number of hydrogen-bond acceptors (Lipinski definition) is 3. The van der Waals surface area contributed by atoms with Gasteiger partial charge in [0.2, 0.25) is 0 Å². The molecule has 0 aliphatic carbocycles. The molecule has 0 saturated carbocycles. The lowest BCUT2D eigenvalue weighted by molar-refractivity contribution is 0.411. The first kappa shape index (κ1) is 14.0. The van der Waals surface area contributed by atoms with E-state index in [1.165, 1.54) is 0 Å². The van der Waals surface area contributed by atoms with Gasteiger partial charge in [-0.05, 0) is 52.2 Å². The maximum Gasteiger partial charge on any atom is 0.121 e. The van der Waals surface area contributed by atoms with Crippen molar-refractivity contribution in [3.63, 3.8) is 0 Å². The summed E-state index contributed by atoms with van der Waals surface area (Å²) in [7, 11) is 1.67. The Morgan fingerprint density at radius 2 is 2.11 bits per heavy atom. The number of aromatic nitrogens is 1. The van der Waals surface area contributed by atoms with Crippen molar-refractivity contribution in [3.05, 3.63) is 57.8 Å². The van der Waals surface area contributed by atoms with Crippen LogP contribution in [-0.2, 0) is 6.42 Å². The number of nitrogens with two attached hydrogens (primary N) is 1. The van der Waals surface area contributed by atoms with E-state index in [0.717, 1.165) is 33.5 Å². The summed E-state index contributed by atoms with van der Waals surface area (Å²) in [5, 5.41) is 0. The van der Waals surface area contributed by atoms with Crippen LogP contribution in [0, 0.1) is 6.92 Å². The van der Waals surface area contributed by atoms with Crippen molar-refractivity contribution in [2.75, 3.05) is 7.11 Å². The van der Waals surface area contributed by atoms with Crippen LogP contribution < -0.4 is 10.5 Å². The highest BCUT2D eigenvalue weighted by Gasteiger charge is 2.10. The minimum absolute atomic E-state index is 0.0571. The minimum atomic E-state index is -0.0571. The third-order valence-electron chi connectivity index (χ3n) is 3.06. The van der Waals surface area contributed by atoms with Crippen LogP contribution in [0.1, 0.15) is 22.9 Å². The molecule has 0 bridgehead atoms. The second-order valence-corrected chi connectivity index (χ2v) is 5.42. The molecule has 19 heavy (non-hydrogen) atoms. The first-order valence-electron chi connectivity index (χ1n) is 6.10. The average Bonchev–Trinajstić information content (AvgIpc) is 2.41. The Balaban J connectivity index is 2.13. The van der Waals surface area contributed by atoms with Crippen molar-refractivity contribution in [1.82, 2.24) is 4.98 Å². The van der Waals surface area contributed by atoms with Crippen LogP contribution in [0.2, 0.25) is 0 Å².